The number of rotatable bonds is 6. The highest BCUT2D eigenvalue weighted by atomic mass is 32.1. The number of aromatic nitrogens is 1. The number of hydrogen-bond acceptors (Lipinski definition) is 4. The van der Waals surface area contributed by atoms with Gasteiger partial charge in [-0.05, 0) is 6.92 Å². The van der Waals surface area contributed by atoms with Crippen molar-refractivity contribution < 1.29 is 4.74 Å². The minimum Gasteiger partial charge on any atom is -0.383 e. The molecule has 0 amide bonds. The van der Waals surface area contributed by atoms with E-state index in [4.69, 9.17) is 10.5 Å². The first-order chi connectivity index (χ1) is 7.72. The maximum atomic E-state index is 5.65. The van der Waals surface area contributed by atoms with E-state index in [1.807, 2.05) is 12.3 Å². The van der Waals surface area contributed by atoms with E-state index in [1.165, 1.54) is 0 Å². The van der Waals surface area contributed by atoms with E-state index in [1.54, 1.807) is 18.4 Å². The van der Waals surface area contributed by atoms with Crippen LogP contribution in [0.3, 0.4) is 0 Å². The summed E-state index contributed by atoms with van der Waals surface area (Å²) in [4.78, 5) is 8.45. The summed E-state index contributed by atoms with van der Waals surface area (Å²) in [5, 5.41) is 6.21. The molecule has 1 rings (SSSR count). The third kappa shape index (κ3) is 5.09. The molecule has 0 aliphatic rings. The van der Waals surface area contributed by atoms with E-state index in [9.17, 15) is 0 Å². The number of aryl methyl sites for hydroxylation is 1. The van der Waals surface area contributed by atoms with Crippen molar-refractivity contribution in [2.45, 2.75) is 13.3 Å². The van der Waals surface area contributed by atoms with Gasteiger partial charge in [0.2, 0.25) is 0 Å². The number of methoxy groups -OCH3 is 1. The lowest BCUT2D eigenvalue weighted by molar-refractivity contribution is 0.208. The minimum absolute atomic E-state index is 0.463. The molecule has 0 saturated carbocycles. The molecule has 3 N–H and O–H groups in total. The van der Waals surface area contributed by atoms with Crippen molar-refractivity contribution in [3.05, 3.63) is 16.1 Å². The molecule has 0 unspecified atom stereocenters. The van der Waals surface area contributed by atoms with Gasteiger partial charge in [0.1, 0.15) is 0 Å². The number of nitrogens with two attached hydrogens (primary N) is 1. The van der Waals surface area contributed by atoms with Crippen molar-refractivity contribution in [2.75, 3.05) is 26.8 Å². The summed E-state index contributed by atoms with van der Waals surface area (Å²) in [6.45, 7) is 3.93. The van der Waals surface area contributed by atoms with Gasteiger partial charge in [-0.3, -0.25) is 4.99 Å². The van der Waals surface area contributed by atoms with Crippen LogP contribution < -0.4 is 11.1 Å². The molecule has 0 radical (unpaired) electrons. The van der Waals surface area contributed by atoms with Crippen LogP contribution in [0.5, 0.6) is 0 Å². The molecule has 90 valence electrons. The molecule has 16 heavy (non-hydrogen) atoms. The average molecular weight is 242 g/mol. The Labute approximate surface area is 99.7 Å². The normalized spacial score (nSPS) is 11.8. The summed E-state index contributed by atoms with van der Waals surface area (Å²) in [7, 11) is 1.64. The smallest absolute Gasteiger partial charge is 0.188 e. The van der Waals surface area contributed by atoms with Gasteiger partial charge in [0.25, 0.3) is 0 Å². The Hall–Kier alpha value is -1.14. The summed E-state index contributed by atoms with van der Waals surface area (Å²) in [5.41, 5.74) is 6.72. The van der Waals surface area contributed by atoms with Crippen LogP contribution in [0, 0.1) is 6.92 Å². The van der Waals surface area contributed by atoms with E-state index in [0.29, 0.717) is 19.1 Å². The first-order valence-corrected chi connectivity index (χ1v) is 6.04. The lowest BCUT2D eigenvalue weighted by atomic mass is 10.4. The zero-order chi connectivity index (χ0) is 11.8. The molecule has 1 aromatic rings. The first kappa shape index (κ1) is 12.9. The van der Waals surface area contributed by atoms with Crippen molar-refractivity contribution >= 4 is 17.3 Å². The van der Waals surface area contributed by atoms with Crippen LogP contribution in [-0.4, -0.2) is 37.7 Å². The van der Waals surface area contributed by atoms with Crippen molar-refractivity contribution in [3.63, 3.8) is 0 Å². The standard InChI is InChI=1S/C10H18N4OS/c1-8-7-16-9(14-8)3-4-12-10(11)13-5-6-15-2/h7H,3-6H2,1-2H3,(H3,11,12,13). The van der Waals surface area contributed by atoms with E-state index >= 15 is 0 Å². The predicted octanol–water partition coefficient (Wildman–Crippen LogP) is 0.545. The first-order valence-electron chi connectivity index (χ1n) is 5.16. The number of nitrogens with one attached hydrogen (secondary N) is 1. The van der Waals surface area contributed by atoms with Gasteiger partial charge < -0.3 is 15.8 Å². The molecule has 0 atom stereocenters. The highest BCUT2D eigenvalue weighted by molar-refractivity contribution is 7.09. The summed E-state index contributed by atoms with van der Waals surface area (Å²) in [6, 6.07) is 0. The molecule has 0 aromatic carbocycles. The summed E-state index contributed by atoms with van der Waals surface area (Å²) >= 11 is 1.67. The monoisotopic (exact) mass is 242 g/mol. The van der Waals surface area contributed by atoms with Gasteiger partial charge in [0, 0.05) is 31.1 Å². The minimum atomic E-state index is 0.463. The zero-order valence-electron chi connectivity index (χ0n) is 9.69. The molecule has 1 heterocycles. The SMILES string of the molecule is COCCN=C(N)NCCc1nc(C)cs1. The van der Waals surface area contributed by atoms with E-state index in [2.05, 4.69) is 15.3 Å². The summed E-state index contributed by atoms with van der Waals surface area (Å²) < 4.78 is 4.87. The molecule has 0 aliphatic heterocycles. The molecular formula is C10H18N4OS. The second-order valence-electron chi connectivity index (χ2n) is 3.32. The van der Waals surface area contributed by atoms with Crippen molar-refractivity contribution in [2.24, 2.45) is 10.7 Å². The fraction of sp³-hybridized carbons (Fsp3) is 0.600. The topological polar surface area (TPSA) is 72.5 Å². The fourth-order valence-corrected chi connectivity index (χ4v) is 1.90. The highest BCUT2D eigenvalue weighted by Crippen LogP contribution is 2.08. The molecule has 0 aliphatic carbocycles. The van der Waals surface area contributed by atoms with Gasteiger partial charge >= 0.3 is 0 Å². The third-order valence-electron chi connectivity index (χ3n) is 1.89. The van der Waals surface area contributed by atoms with Gasteiger partial charge in [0.05, 0.1) is 18.2 Å². The lowest BCUT2D eigenvalue weighted by Gasteiger charge is -2.03. The largest absolute Gasteiger partial charge is 0.383 e. The van der Waals surface area contributed by atoms with Gasteiger partial charge in [-0.15, -0.1) is 11.3 Å². The van der Waals surface area contributed by atoms with Gasteiger partial charge in [-0.25, -0.2) is 4.98 Å². The second-order valence-corrected chi connectivity index (χ2v) is 4.26. The Morgan fingerprint density at radius 2 is 2.50 bits per heavy atom. The number of hydrogen-bond donors (Lipinski definition) is 2. The number of thiazole rings is 1. The maximum absolute atomic E-state index is 5.65. The van der Waals surface area contributed by atoms with Crippen LogP contribution in [0.1, 0.15) is 10.7 Å². The average Bonchev–Trinajstić information content (AvgIpc) is 2.65. The van der Waals surface area contributed by atoms with Crippen LogP contribution in [0.25, 0.3) is 0 Å². The molecule has 1 aromatic heterocycles. The van der Waals surface area contributed by atoms with Gasteiger partial charge in [-0.1, -0.05) is 0 Å². The zero-order valence-corrected chi connectivity index (χ0v) is 10.5. The molecule has 0 bridgehead atoms. The maximum Gasteiger partial charge on any atom is 0.188 e. The molecule has 0 saturated heterocycles. The fourth-order valence-electron chi connectivity index (χ4n) is 1.13. The molecule has 5 nitrogen and oxygen atoms in total. The Morgan fingerprint density at radius 1 is 1.69 bits per heavy atom. The molecule has 0 spiro atoms. The predicted molar refractivity (Wildman–Crippen MR) is 66.9 cm³/mol. The number of guanidine groups is 1. The summed E-state index contributed by atoms with van der Waals surface area (Å²) in [5.74, 6) is 0.463. The quantitative estimate of drug-likeness (QED) is 0.434. The van der Waals surface area contributed by atoms with Crippen LogP contribution in [-0.2, 0) is 11.2 Å². The van der Waals surface area contributed by atoms with E-state index in [0.717, 1.165) is 23.7 Å². The molecular weight excluding hydrogens is 224 g/mol. The Kier molecular flexibility index (Phi) is 5.81. The Balaban J connectivity index is 2.17. The van der Waals surface area contributed by atoms with Crippen LogP contribution in [0.15, 0.2) is 10.4 Å². The Morgan fingerprint density at radius 3 is 3.12 bits per heavy atom. The third-order valence-corrected chi connectivity index (χ3v) is 2.92. The van der Waals surface area contributed by atoms with Gasteiger partial charge in [0.15, 0.2) is 5.96 Å². The number of ether oxygens (including phenoxy) is 1. The summed E-state index contributed by atoms with van der Waals surface area (Å²) in [6.07, 6.45) is 0.874. The lowest BCUT2D eigenvalue weighted by Crippen LogP contribution is -2.33. The second kappa shape index (κ2) is 7.19. The molecule has 0 fully saturated rings. The highest BCUT2D eigenvalue weighted by Gasteiger charge is 1.98. The van der Waals surface area contributed by atoms with Crippen molar-refractivity contribution in [1.29, 1.82) is 0 Å². The van der Waals surface area contributed by atoms with Gasteiger partial charge in [-0.2, -0.15) is 0 Å². The van der Waals surface area contributed by atoms with E-state index < -0.39 is 0 Å². The van der Waals surface area contributed by atoms with Crippen LogP contribution in [0.4, 0.5) is 0 Å². The Bertz CT molecular complexity index is 337. The van der Waals surface area contributed by atoms with E-state index in [-0.39, 0.29) is 0 Å². The van der Waals surface area contributed by atoms with Crippen molar-refractivity contribution in [1.82, 2.24) is 10.3 Å². The van der Waals surface area contributed by atoms with Crippen molar-refractivity contribution in [3.8, 4) is 0 Å². The molecule has 6 heteroatoms. The van der Waals surface area contributed by atoms with Crippen LogP contribution in [0.2, 0.25) is 0 Å². The number of aliphatic imine (C=N–C) groups is 1. The number of nitrogens with zero attached hydrogens (tertiary/aromatic N) is 2. The van der Waals surface area contributed by atoms with Crippen LogP contribution >= 0.6 is 11.3 Å².